The molecule has 7 nitrogen and oxygen atoms in total. The number of amides is 3. The minimum absolute atomic E-state index is 0.0510. The third-order valence-electron chi connectivity index (χ3n) is 5.65. The molecule has 0 bridgehead atoms. The van der Waals surface area contributed by atoms with Crippen LogP contribution in [-0.4, -0.2) is 35.8 Å². The highest BCUT2D eigenvalue weighted by atomic mass is 35.5. The lowest BCUT2D eigenvalue weighted by molar-refractivity contribution is -0.122. The number of anilines is 1. The summed E-state index contributed by atoms with van der Waals surface area (Å²) in [6, 6.07) is 20.7. The first kappa shape index (κ1) is 23.0. The van der Waals surface area contributed by atoms with Gasteiger partial charge in [0.15, 0.2) is 0 Å². The number of ether oxygens (including phenoxy) is 1. The second kappa shape index (κ2) is 9.77. The molecule has 0 radical (unpaired) electrons. The van der Waals surface area contributed by atoms with E-state index in [1.807, 2.05) is 6.07 Å². The van der Waals surface area contributed by atoms with E-state index >= 15 is 0 Å². The van der Waals surface area contributed by atoms with E-state index in [4.69, 9.17) is 21.6 Å². The molecule has 1 aliphatic heterocycles. The van der Waals surface area contributed by atoms with Gasteiger partial charge in [-0.3, -0.25) is 14.4 Å². The summed E-state index contributed by atoms with van der Waals surface area (Å²) in [5.41, 5.74) is 1.77. The van der Waals surface area contributed by atoms with Crippen LogP contribution in [0.2, 0.25) is 5.02 Å². The first-order chi connectivity index (χ1) is 16.4. The van der Waals surface area contributed by atoms with Crippen LogP contribution in [0.4, 0.5) is 5.69 Å². The Morgan fingerprint density at radius 2 is 1.76 bits per heavy atom. The zero-order valence-electron chi connectivity index (χ0n) is 18.3. The van der Waals surface area contributed by atoms with Crippen LogP contribution in [0.15, 0.2) is 72.8 Å². The molecule has 0 spiro atoms. The Bertz CT molecular complexity index is 1280. The number of hydrogen-bond donors (Lipinski definition) is 0. The highest BCUT2D eigenvalue weighted by molar-refractivity contribution is 6.31. The smallest absolute Gasteiger partial charge is 0.257 e. The molecule has 0 aliphatic carbocycles. The number of carbonyl (C=O) groups is 3. The van der Waals surface area contributed by atoms with Crippen molar-refractivity contribution in [2.75, 3.05) is 12.0 Å². The maximum Gasteiger partial charge on any atom is 0.257 e. The lowest BCUT2D eigenvalue weighted by Gasteiger charge is -2.28. The first-order valence-corrected chi connectivity index (χ1v) is 10.9. The molecular weight excluding hydrogens is 454 g/mol. The van der Waals surface area contributed by atoms with Crippen molar-refractivity contribution < 1.29 is 19.1 Å². The van der Waals surface area contributed by atoms with E-state index in [-0.39, 0.29) is 13.0 Å². The van der Waals surface area contributed by atoms with Gasteiger partial charge in [-0.25, -0.2) is 4.90 Å². The third-order valence-corrected chi connectivity index (χ3v) is 6.02. The molecule has 1 unspecified atom stereocenters. The molecule has 3 aromatic rings. The fourth-order valence-electron chi connectivity index (χ4n) is 3.85. The molecule has 1 saturated heterocycles. The van der Waals surface area contributed by atoms with Gasteiger partial charge >= 0.3 is 0 Å². The van der Waals surface area contributed by atoms with Crippen LogP contribution in [0.5, 0.6) is 5.75 Å². The summed E-state index contributed by atoms with van der Waals surface area (Å²) in [4.78, 5) is 42.3. The fraction of sp³-hybridized carbons (Fsp3) is 0.154. The van der Waals surface area contributed by atoms with Crippen molar-refractivity contribution in [2.24, 2.45) is 0 Å². The predicted molar refractivity (Wildman–Crippen MR) is 126 cm³/mol. The van der Waals surface area contributed by atoms with E-state index in [2.05, 4.69) is 0 Å². The lowest BCUT2D eigenvalue weighted by atomic mass is 10.1. The molecule has 34 heavy (non-hydrogen) atoms. The highest BCUT2D eigenvalue weighted by Gasteiger charge is 2.44. The molecule has 1 atom stereocenters. The number of hydrogen-bond acceptors (Lipinski definition) is 5. The van der Waals surface area contributed by atoms with E-state index < -0.39 is 23.8 Å². The molecule has 1 heterocycles. The van der Waals surface area contributed by atoms with Crippen LogP contribution in [0, 0.1) is 11.3 Å². The fourth-order valence-corrected chi connectivity index (χ4v) is 4.04. The lowest BCUT2D eigenvalue weighted by Crippen LogP contribution is -2.45. The number of carbonyl (C=O) groups excluding carboxylic acids is 3. The number of methoxy groups -OCH3 is 1. The van der Waals surface area contributed by atoms with Crippen molar-refractivity contribution in [1.29, 1.82) is 5.26 Å². The van der Waals surface area contributed by atoms with Crippen LogP contribution in [0.3, 0.4) is 0 Å². The van der Waals surface area contributed by atoms with E-state index in [1.54, 1.807) is 60.7 Å². The molecule has 4 rings (SSSR count). The van der Waals surface area contributed by atoms with Crippen LogP contribution < -0.4 is 9.64 Å². The Balaban J connectivity index is 1.69. The second-order valence-electron chi connectivity index (χ2n) is 7.70. The summed E-state index contributed by atoms with van der Waals surface area (Å²) in [6.45, 7) is 0.0510. The Kier molecular flexibility index (Phi) is 6.62. The van der Waals surface area contributed by atoms with Gasteiger partial charge in [-0.1, -0.05) is 29.8 Å². The molecule has 0 N–H and O–H groups in total. The van der Waals surface area contributed by atoms with E-state index in [0.717, 1.165) is 4.90 Å². The summed E-state index contributed by atoms with van der Waals surface area (Å²) < 4.78 is 5.16. The maximum atomic E-state index is 13.6. The standard InChI is InChI=1S/C26H20ClN3O4/c1-34-21-12-8-18(9-13-21)25(32)29(16-19-4-2-3-5-22(19)27)23-14-24(31)30(26(23)33)20-10-6-17(15-28)7-11-20/h2-13,23H,14,16H2,1H3. The zero-order chi connectivity index (χ0) is 24.2. The van der Waals surface area contributed by atoms with E-state index in [1.165, 1.54) is 24.1 Å². The van der Waals surface area contributed by atoms with Crippen LogP contribution in [-0.2, 0) is 16.1 Å². The molecule has 170 valence electrons. The van der Waals surface area contributed by atoms with Gasteiger partial charge in [0.05, 0.1) is 30.9 Å². The van der Waals surface area contributed by atoms with Gasteiger partial charge in [-0.2, -0.15) is 5.26 Å². The van der Waals surface area contributed by atoms with E-state index in [0.29, 0.717) is 33.1 Å². The van der Waals surface area contributed by atoms with Gasteiger partial charge in [0.25, 0.3) is 11.8 Å². The first-order valence-electron chi connectivity index (χ1n) is 10.5. The largest absolute Gasteiger partial charge is 0.497 e. The second-order valence-corrected chi connectivity index (χ2v) is 8.11. The summed E-state index contributed by atoms with van der Waals surface area (Å²) >= 11 is 6.34. The van der Waals surface area contributed by atoms with Crippen molar-refractivity contribution in [3.8, 4) is 11.8 Å². The quantitative estimate of drug-likeness (QED) is 0.500. The van der Waals surface area contributed by atoms with Crippen LogP contribution >= 0.6 is 11.6 Å². The molecule has 3 aromatic carbocycles. The Morgan fingerprint density at radius 1 is 1.09 bits per heavy atom. The van der Waals surface area contributed by atoms with Crippen molar-refractivity contribution in [3.05, 3.63) is 94.5 Å². The minimum Gasteiger partial charge on any atom is -0.497 e. The SMILES string of the molecule is COc1ccc(C(=O)N(Cc2ccccc2Cl)C2CC(=O)N(c3ccc(C#N)cc3)C2=O)cc1. The maximum absolute atomic E-state index is 13.6. The normalized spacial score (nSPS) is 15.2. The van der Waals surface area contributed by atoms with Crippen molar-refractivity contribution in [1.82, 2.24) is 4.90 Å². The minimum atomic E-state index is -1.01. The number of benzene rings is 3. The van der Waals surface area contributed by atoms with Gasteiger partial charge in [0.2, 0.25) is 5.91 Å². The summed E-state index contributed by atoms with van der Waals surface area (Å²) in [5.74, 6) is -0.751. The van der Waals surface area contributed by atoms with Crippen molar-refractivity contribution in [3.63, 3.8) is 0 Å². The number of imide groups is 1. The van der Waals surface area contributed by atoms with Crippen molar-refractivity contribution >= 4 is 35.0 Å². The number of nitriles is 1. The molecule has 1 fully saturated rings. The molecule has 0 saturated carbocycles. The van der Waals surface area contributed by atoms with Crippen LogP contribution in [0.25, 0.3) is 0 Å². The number of nitrogens with zero attached hydrogens (tertiary/aromatic N) is 3. The number of rotatable bonds is 6. The highest BCUT2D eigenvalue weighted by Crippen LogP contribution is 2.29. The Labute approximate surface area is 201 Å². The summed E-state index contributed by atoms with van der Waals surface area (Å²) in [5, 5.41) is 9.47. The third kappa shape index (κ3) is 4.49. The molecule has 0 aromatic heterocycles. The molecule has 8 heteroatoms. The average Bonchev–Trinajstić information content (AvgIpc) is 3.16. The van der Waals surface area contributed by atoms with E-state index in [9.17, 15) is 14.4 Å². The summed E-state index contributed by atoms with van der Waals surface area (Å²) in [6.07, 6.45) is -0.162. The number of halogens is 1. The summed E-state index contributed by atoms with van der Waals surface area (Å²) in [7, 11) is 1.53. The van der Waals surface area contributed by atoms with Gasteiger partial charge in [-0.05, 0) is 60.2 Å². The molecule has 3 amide bonds. The molecular formula is C26H20ClN3O4. The zero-order valence-corrected chi connectivity index (χ0v) is 19.0. The van der Waals surface area contributed by atoms with Gasteiger partial charge < -0.3 is 9.64 Å². The topological polar surface area (TPSA) is 90.7 Å². The average molecular weight is 474 g/mol. The Morgan fingerprint density at radius 3 is 2.38 bits per heavy atom. The van der Waals surface area contributed by atoms with Gasteiger partial charge in [0.1, 0.15) is 11.8 Å². The van der Waals surface area contributed by atoms with Gasteiger partial charge in [0, 0.05) is 17.1 Å². The predicted octanol–water partition coefficient (Wildman–Crippen LogP) is 4.19. The van der Waals surface area contributed by atoms with Gasteiger partial charge in [-0.15, -0.1) is 0 Å². The van der Waals surface area contributed by atoms with Crippen molar-refractivity contribution in [2.45, 2.75) is 19.0 Å². The molecule has 1 aliphatic rings. The van der Waals surface area contributed by atoms with Crippen LogP contribution in [0.1, 0.15) is 27.9 Å². The monoisotopic (exact) mass is 473 g/mol. The Hall–Kier alpha value is -4.15.